The van der Waals surface area contributed by atoms with Gasteiger partial charge in [0.1, 0.15) is 0 Å². The monoisotopic (exact) mass is 584 g/mol. The Morgan fingerprint density at radius 3 is 1.72 bits per heavy atom. The van der Waals surface area contributed by atoms with Crippen molar-refractivity contribution in [1.82, 2.24) is 9.13 Å². The van der Waals surface area contributed by atoms with Crippen molar-refractivity contribution in [3.8, 4) is 22.5 Å². The number of hydrogen-bond donors (Lipinski definition) is 0. The maximum atomic E-state index is 2.48. The molecule has 0 unspecified atom stereocenters. The fourth-order valence-corrected chi connectivity index (χ4v) is 7.73. The molecule has 0 amide bonds. The molecule has 2 nitrogen and oxygen atoms in total. The Balaban J connectivity index is 1.42. The van der Waals surface area contributed by atoms with Crippen LogP contribution in [0.3, 0.4) is 0 Å². The van der Waals surface area contributed by atoms with Crippen molar-refractivity contribution < 1.29 is 0 Å². The Morgan fingerprint density at radius 1 is 0.326 bits per heavy atom. The predicted molar refractivity (Wildman–Crippen MR) is 196 cm³/mol. The van der Waals surface area contributed by atoms with Gasteiger partial charge in [-0.25, -0.2) is 0 Å². The average molecular weight is 585 g/mol. The van der Waals surface area contributed by atoms with Crippen LogP contribution in [0.25, 0.3) is 87.7 Å². The van der Waals surface area contributed by atoms with Crippen LogP contribution >= 0.6 is 0 Å². The standard InChI is InChI=1S/C44H28N2/c1-3-15-32(16-4-1)45-39-22-12-11-21-36(39)37-25-23-31(28-41(37)45)42-35-20-10-8-14-30(35)27-38-43-34-19-9-7-13-29(34)24-26-40(43)46(44(38)42)33-17-5-2-6-18-33/h1-28H. The van der Waals surface area contributed by atoms with E-state index in [4.69, 9.17) is 0 Å². The second-order valence-electron chi connectivity index (χ2n) is 12.1. The van der Waals surface area contributed by atoms with Crippen LogP contribution in [0.1, 0.15) is 0 Å². The molecule has 0 atom stereocenters. The summed E-state index contributed by atoms with van der Waals surface area (Å²) in [7, 11) is 0. The topological polar surface area (TPSA) is 9.86 Å². The lowest BCUT2D eigenvalue weighted by molar-refractivity contribution is 1.18. The molecule has 0 aliphatic heterocycles. The number of hydrogen-bond acceptors (Lipinski definition) is 0. The van der Waals surface area contributed by atoms with E-state index in [0.717, 1.165) is 5.69 Å². The SMILES string of the molecule is c1ccc(-n2c3ccccc3c3ccc(-c4c5ccccc5cc5c6c7ccccc7ccc6n(-c6ccccc6)c45)cc32)cc1. The van der Waals surface area contributed by atoms with Gasteiger partial charge in [0.05, 0.1) is 22.1 Å². The number of rotatable bonds is 3. The van der Waals surface area contributed by atoms with E-state index < -0.39 is 0 Å². The Labute approximate surface area is 266 Å². The van der Waals surface area contributed by atoms with Gasteiger partial charge in [0.25, 0.3) is 0 Å². The maximum Gasteiger partial charge on any atom is 0.0626 e. The number of benzene rings is 8. The molecule has 0 fully saturated rings. The molecule has 214 valence electrons. The number of nitrogens with zero attached hydrogens (tertiary/aromatic N) is 2. The van der Waals surface area contributed by atoms with Gasteiger partial charge in [0.2, 0.25) is 0 Å². The van der Waals surface area contributed by atoms with E-state index >= 15 is 0 Å². The van der Waals surface area contributed by atoms with Gasteiger partial charge in [-0.2, -0.15) is 0 Å². The summed E-state index contributed by atoms with van der Waals surface area (Å²) in [5.41, 5.74) is 9.66. The highest BCUT2D eigenvalue weighted by molar-refractivity contribution is 6.27. The van der Waals surface area contributed by atoms with Gasteiger partial charge in [-0.15, -0.1) is 0 Å². The van der Waals surface area contributed by atoms with Crippen LogP contribution in [-0.2, 0) is 0 Å². The molecule has 0 spiro atoms. The first-order chi connectivity index (χ1) is 22.8. The van der Waals surface area contributed by atoms with Crippen molar-refractivity contribution in [3.05, 3.63) is 170 Å². The van der Waals surface area contributed by atoms with Crippen LogP contribution in [0.2, 0.25) is 0 Å². The first-order valence-electron chi connectivity index (χ1n) is 15.9. The zero-order valence-corrected chi connectivity index (χ0v) is 25.1. The molecule has 8 aromatic carbocycles. The van der Waals surface area contributed by atoms with Crippen molar-refractivity contribution in [1.29, 1.82) is 0 Å². The van der Waals surface area contributed by atoms with Crippen LogP contribution in [0, 0.1) is 0 Å². The van der Waals surface area contributed by atoms with Crippen LogP contribution in [0.15, 0.2) is 170 Å². The van der Waals surface area contributed by atoms with Gasteiger partial charge in [-0.1, -0.05) is 121 Å². The molecule has 2 aromatic heterocycles. The van der Waals surface area contributed by atoms with E-state index in [1.807, 2.05) is 0 Å². The quantitative estimate of drug-likeness (QED) is 0.195. The van der Waals surface area contributed by atoms with Gasteiger partial charge in [-0.05, 0) is 75.6 Å². The van der Waals surface area contributed by atoms with Gasteiger partial charge in [-0.3, -0.25) is 0 Å². The van der Waals surface area contributed by atoms with Crippen LogP contribution in [0.4, 0.5) is 0 Å². The first kappa shape index (κ1) is 25.2. The lowest BCUT2D eigenvalue weighted by Crippen LogP contribution is -1.97. The summed E-state index contributed by atoms with van der Waals surface area (Å²) >= 11 is 0. The summed E-state index contributed by atoms with van der Waals surface area (Å²) in [6, 6.07) is 62.0. The molecule has 0 radical (unpaired) electrons. The Morgan fingerprint density at radius 2 is 0.935 bits per heavy atom. The van der Waals surface area contributed by atoms with Crippen molar-refractivity contribution in [2.24, 2.45) is 0 Å². The summed E-state index contributed by atoms with van der Waals surface area (Å²) in [5.74, 6) is 0. The van der Waals surface area contributed by atoms with E-state index in [-0.39, 0.29) is 0 Å². The van der Waals surface area contributed by atoms with Crippen LogP contribution in [-0.4, -0.2) is 9.13 Å². The molecule has 0 N–H and O–H groups in total. The fourth-order valence-electron chi connectivity index (χ4n) is 7.73. The molecule has 0 saturated carbocycles. The normalized spacial score (nSPS) is 11.9. The summed E-state index contributed by atoms with van der Waals surface area (Å²) in [6.45, 7) is 0. The maximum absolute atomic E-state index is 2.48. The van der Waals surface area contributed by atoms with E-state index in [1.54, 1.807) is 0 Å². The van der Waals surface area contributed by atoms with Gasteiger partial charge < -0.3 is 9.13 Å². The minimum atomic E-state index is 1.16. The molecule has 2 heterocycles. The number of fused-ring (bicyclic) bond motifs is 9. The Hall–Kier alpha value is -6.12. The predicted octanol–water partition coefficient (Wildman–Crippen LogP) is 11.9. The molecule has 0 aliphatic carbocycles. The first-order valence-corrected chi connectivity index (χ1v) is 15.9. The molecule has 10 aromatic rings. The minimum absolute atomic E-state index is 1.16. The van der Waals surface area contributed by atoms with E-state index in [2.05, 4.69) is 179 Å². The zero-order chi connectivity index (χ0) is 30.2. The number of para-hydroxylation sites is 3. The molecule has 10 rings (SSSR count). The third-order valence-corrected chi connectivity index (χ3v) is 9.65. The minimum Gasteiger partial charge on any atom is -0.309 e. The molecule has 46 heavy (non-hydrogen) atoms. The summed E-state index contributed by atoms with van der Waals surface area (Å²) in [4.78, 5) is 0. The van der Waals surface area contributed by atoms with Gasteiger partial charge in [0.15, 0.2) is 0 Å². The molecular formula is C44H28N2. The van der Waals surface area contributed by atoms with Gasteiger partial charge in [0, 0.05) is 38.5 Å². The third-order valence-electron chi connectivity index (χ3n) is 9.65. The second kappa shape index (κ2) is 9.69. The van der Waals surface area contributed by atoms with E-state index in [9.17, 15) is 0 Å². The molecular weight excluding hydrogens is 556 g/mol. The van der Waals surface area contributed by atoms with Crippen LogP contribution < -0.4 is 0 Å². The summed E-state index contributed by atoms with van der Waals surface area (Å²) < 4.78 is 4.90. The summed E-state index contributed by atoms with van der Waals surface area (Å²) in [5, 5.41) is 10.1. The smallest absolute Gasteiger partial charge is 0.0626 e. The van der Waals surface area contributed by atoms with Crippen molar-refractivity contribution in [2.75, 3.05) is 0 Å². The third kappa shape index (κ3) is 3.53. The second-order valence-corrected chi connectivity index (χ2v) is 12.1. The van der Waals surface area contributed by atoms with Crippen LogP contribution in [0.5, 0.6) is 0 Å². The van der Waals surface area contributed by atoms with Crippen molar-refractivity contribution in [2.45, 2.75) is 0 Å². The lowest BCUT2D eigenvalue weighted by Gasteiger charge is -2.15. The van der Waals surface area contributed by atoms with Crippen molar-refractivity contribution in [3.63, 3.8) is 0 Å². The summed E-state index contributed by atoms with van der Waals surface area (Å²) in [6.07, 6.45) is 0. The highest BCUT2D eigenvalue weighted by Crippen LogP contribution is 2.45. The average Bonchev–Trinajstić information content (AvgIpc) is 3.64. The Bertz CT molecular complexity index is 2780. The van der Waals surface area contributed by atoms with Crippen molar-refractivity contribution >= 4 is 65.2 Å². The van der Waals surface area contributed by atoms with Gasteiger partial charge >= 0.3 is 0 Å². The Kier molecular flexibility index (Phi) is 5.31. The number of aromatic nitrogens is 2. The molecule has 0 aliphatic rings. The molecule has 0 bridgehead atoms. The molecule has 2 heteroatoms. The lowest BCUT2D eigenvalue weighted by atomic mass is 9.93. The fraction of sp³-hybridized carbons (Fsp3) is 0. The highest BCUT2D eigenvalue weighted by Gasteiger charge is 2.22. The molecule has 0 saturated heterocycles. The van der Waals surface area contributed by atoms with E-state index in [1.165, 1.54) is 82.0 Å². The van der Waals surface area contributed by atoms with E-state index in [0.29, 0.717) is 0 Å². The zero-order valence-electron chi connectivity index (χ0n) is 25.1. The highest BCUT2D eigenvalue weighted by atomic mass is 15.0. The largest absolute Gasteiger partial charge is 0.309 e.